The topological polar surface area (TPSA) is 59.8 Å². The van der Waals surface area contributed by atoms with Gasteiger partial charge in [0.1, 0.15) is 0 Å². The second-order valence-corrected chi connectivity index (χ2v) is 8.38. The Hall–Kier alpha value is -2.48. The fraction of sp³-hybridized carbons (Fsp3) is 0. The highest BCUT2D eigenvalue weighted by atomic mass is 79.9. The Balaban J connectivity index is 1.74. The van der Waals surface area contributed by atoms with Crippen LogP contribution in [-0.2, 0) is 0 Å². The molecule has 5 nitrogen and oxygen atoms in total. The van der Waals surface area contributed by atoms with E-state index in [1.54, 1.807) is 28.9 Å². The molecule has 0 unspecified atom stereocenters. The maximum Gasteiger partial charge on any atom is 0.295 e. The molecule has 0 aliphatic carbocycles. The van der Waals surface area contributed by atoms with E-state index in [9.17, 15) is 4.79 Å². The van der Waals surface area contributed by atoms with E-state index >= 15 is 0 Å². The van der Waals surface area contributed by atoms with E-state index in [1.807, 2.05) is 48.5 Å². The van der Waals surface area contributed by atoms with Crippen LogP contribution < -0.4 is 5.32 Å². The summed E-state index contributed by atoms with van der Waals surface area (Å²) in [6, 6.07) is 22.2. The molecule has 0 bridgehead atoms. The number of halogens is 3. The summed E-state index contributed by atoms with van der Waals surface area (Å²) in [4.78, 5) is 17.2. The van der Waals surface area contributed by atoms with Gasteiger partial charge in [0.2, 0.25) is 5.82 Å². The summed E-state index contributed by atoms with van der Waals surface area (Å²) < 4.78 is 3.52. The largest absolute Gasteiger partial charge is 0.319 e. The van der Waals surface area contributed by atoms with Gasteiger partial charge in [0.15, 0.2) is 5.82 Å². The molecule has 1 aromatic heterocycles. The second kappa shape index (κ2) is 8.49. The van der Waals surface area contributed by atoms with Crippen molar-refractivity contribution in [1.29, 1.82) is 0 Å². The highest BCUT2D eigenvalue weighted by Crippen LogP contribution is 2.24. The average molecular weight is 533 g/mol. The van der Waals surface area contributed by atoms with E-state index in [2.05, 4.69) is 47.3 Å². The van der Waals surface area contributed by atoms with Crippen molar-refractivity contribution in [2.75, 3.05) is 5.32 Å². The number of rotatable bonds is 4. The van der Waals surface area contributed by atoms with Crippen LogP contribution in [0.25, 0.3) is 17.1 Å². The molecule has 0 radical (unpaired) electrons. The van der Waals surface area contributed by atoms with Gasteiger partial charge in [0.05, 0.1) is 5.69 Å². The molecule has 0 aliphatic heterocycles. The number of anilines is 1. The van der Waals surface area contributed by atoms with Gasteiger partial charge in [-0.05, 0) is 72.8 Å². The predicted molar refractivity (Wildman–Crippen MR) is 122 cm³/mol. The van der Waals surface area contributed by atoms with Crippen LogP contribution in [0, 0.1) is 0 Å². The van der Waals surface area contributed by atoms with Gasteiger partial charge >= 0.3 is 0 Å². The van der Waals surface area contributed by atoms with Crippen LogP contribution in [0.2, 0.25) is 5.02 Å². The zero-order valence-electron chi connectivity index (χ0n) is 14.8. The van der Waals surface area contributed by atoms with E-state index in [0.29, 0.717) is 16.5 Å². The van der Waals surface area contributed by atoms with Gasteiger partial charge in [-0.15, -0.1) is 5.10 Å². The van der Waals surface area contributed by atoms with E-state index in [-0.39, 0.29) is 5.82 Å². The number of nitrogens with zero attached hydrogens (tertiary/aromatic N) is 3. The first-order chi connectivity index (χ1) is 14.0. The van der Waals surface area contributed by atoms with Gasteiger partial charge < -0.3 is 5.32 Å². The predicted octanol–water partition coefficient (Wildman–Crippen LogP) is 6.37. The van der Waals surface area contributed by atoms with Crippen molar-refractivity contribution in [1.82, 2.24) is 14.8 Å². The van der Waals surface area contributed by atoms with Crippen molar-refractivity contribution >= 4 is 55.1 Å². The number of hydrogen-bond donors (Lipinski definition) is 1. The molecular formula is C21H13Br2ClN4O. The Bertz CT molecular complexity index is 1090. The lowest BCUT2D eigenvalue weighted by atomic mass is 10.2. The SMILES string of the molecule is O=C(Nc1ccc(Br)cc1)c1nc(-c2ccc(Cl)cc2)n(-c2ccc(Br)cc2)n1. The highest BCUT2D eigenvalue weighted by molar-refractivity contribution is 9.10. The molecule has 0 saturated carbocycles. The maximum atomic E-state index is 12.7. The summed E-state index contributed by atoms with van der Waals surface area (Å²) in [5.74, 6) is 0.226. The normalized spacial score (nSPS) is 10.7. The van der Waals surface area contributed by atoms with Gasteiger partial charge in [-0.3, -0.25) is 4.79 Å². The van der Waals surface area contributed by atoms with Crippen molar-refractivity contribution in [3.8, 4) is 17.1 Å². The molecule has 1 heterocycles. The summed E-state index contributed by atoms with van der Waals surface area (Å²) >= 11 is 12.8. The molecule has 3 aromatic carbocycles. The lowest BCUT2D eigenvalue weighted by Crippen LogP contribution is -2.14. The van der Waals surface area contributed by atoms with E-state index in [4.69, 9.17) is 11.6 Å². The molecule has 4 rings (SSSR count). The van der Waals surface area contributed by atoms with E-state index in [1.165, 1.54) is 0 Å². The van der Waals surface area contributed by atoms with Gasteiger partial charge in [-0.1, -0.05) is 43.5 Å². The Morgan fingerprint density at radius 2 is 1.45 bits per heavy atom. The molecule has 8 heteroatoms. The van der Waals surface area contributed by atoms with E-state index in [0.717, 1.165) is 20.2 Å². The van der Waals surface area contributed by atoms with Crippen LogP contribution in [-0.4, -0.2) is 20.7 Å². The Morgan fingerprint density at radius 1 is 0.862 bits per heavy atom. The first-order valence-electron chi connectivity index (χ1n) is 8.55. The molecule has 0 spiro atoms. The lowest BCUT2D eigenvalue weighted by Gasteiger charge is -2.06. The molecule has 0 fully saturated rings. The number of carbonyl (C=O) groups is 1. The Morgan fingerprint density at radius 3 is 2.07 bits per heavy atom. The van der Waals surface area contributed by atoms with Crippen molar-refractivity contribution in [2.45, 2.75) is 0 Å². The van der Waals surface area contributed by atoms with E-state index < -0.39 is 5.91 Å². The zero-order chi connectivity index (χ0) is 20.4. The average Bonchev–Trinajstić information content (AvgIpc) is 3.16. The fourth-order valence-electron chi connectivity index (χ4n) is 2.68. The summed E-state index contributed by atoms with van der Waals surface area (Å²) in [7, 11) is 0. The van der Waals surface area contributed by atoms with Gasteiger partial charge in [-0.2, -0.15) is 0 Å². The molecular weight excluding hydrogens is 520 g/mol. The van der Waals surface area contributed by atoms with Crippen LogP contribution in [0.5, 0.6) is 0 Å². The molecule has 4 aromatic rings. The highest BCUT2D eigenvalue weighted by Gasteiger charge is 2.19. The Kier molecular flexibility index (Phi) is 5.80. The molecule has 1 amide bonds. The number of carbonyl (C=O) groups excluding carboxylic acids is 1. The minimum absolute atomic E-state index is 0.0702. The van der Waals surface area contributed by atoms with Gasteiger partial charge in [0, 0.05) is 25.2 Å². The number of benzene rings is 3. The summed E-state index contributed by atoms with van der Waals surface area (Å²) in [6.45, 7) is 0. The van der Waals surface area contributed by atoms with Crippen LogP contribution in [0.1, 0.15) is 10.6 Å². The third-order valence-electron chi connectivity index (χ3n) is 4.09. The number of amides is 1. The third-order valence-corrected chi connectivity index (χ3v) is 5.40. The van der Waals surface area contributed by atoms with Crippen molar-refractivity contribution in [3.63, 3.8) is 0 Å². The number of aromatic nitrogens is 3. The van der Waals surface area contributed by atoms with Gasteiger partial charge in [-0.25, -0.2) is 9.67 Å². The van der Waals surface area contributed by atoms with Gasteiger partial charge in [0.25, 0.3) is 5.91 Å². The monoisotopic (exact) mass is 530 g/mol. The number of nitrogens with one attached hydrogen (secondary N) is 1. The number of hydrogen-bond acceptors (Lipinski definition) is 3. The minimum atomic E-state index is -0.390. The molecule has 0 atom stereocenters. The summed E-state index contributed by atoms with van der Waals surface area (Å²) in [5, 5.41) is 7.90. The smallest absolute Gasteiger partial charge is 0.295 e. The Labute approximate surface area is 189 Å². The maximum absolute atomic E-state index is 12.7. The molecule has 144 valence electrons. The molecule has 0 saturated heterocycles. The third kappa shape index (κ3) is 4.58. The first-order valence-corrected chi connectivity index (χ1v) is 10.5. The van der Waals surface area contributed by atoms with Crippen LogP contribution >= 0.6 is 43.5 Å². The first kappa shape index (κ1) is 19.8. The fourth-order valence-corrected chi connectivity index (χ4v) is 3.33. The molecule has 1 N–H and O–H groups in total. The zero-order valence-corrected chi connectivity index (χ0v) is 18.7. The second-order valence-electron chi connectivity index (χ2n) is 6.12. The van der Waals surface area contributed by atoms with Crippen LogP contribution in [0.3, 0.4) is 0 Å². The minimum Gasteiger partial charge on any atom is -0.319 e. The summed E-state index contributed by atoms with van der Waals surface area (Å²) in [6.07, 6.45) is 0. The van der Waals surface area contributed by atoms with Crippen molar-refractivity contribution in [3.05, 3.63) is 92.6 Å². The van der Waals surface area contributed by atoms with Crippen molar-refractivity contribution < 1.29 is 4.79 Å². The molecule has 0 aliphatic rings. The summed E-state index contributed by atoms with van der Waals surface area (Å²) in [5.41, 5.74) is 2.24. The quantitative estimate of drug-likeness (QED) is 0.333. The van der Waals surface area contributed by atoms with Crippen LogP contribution in [0.15, 0.2) is 81.7 Å². The standard InChI is InChI=1S/C21H13Br2ClN4O/c22-14-3-9-17(10-4-14)25-21(29)19-26-20(13-1-7-16(24)8-2-13)28(27-19)18-11-5-15(23)6-12-18/h1-12H,(H,25,29). The molecule has 29 heavy (non-hydrogen) atoms. The van der Waals surface area contributed by atoms with Crippen LogP contribution in [0.4, 0.5) is 5.69 Å². The lowest BCUT2D eigenvalue weighted by molar-refractivity contribution is 0.101. The van der Waals surface area contributed by atoms with Crippen molar-refractivity contribution in [2.24, 2.45) is 0 Å².